The molecule has 53 heavy (non-hydrogen) atoms. The van der Waals surface area contributed by atoms with Crippen LogP contribution in [0.5, 0.6) is 5.88 Å². The normalized spacial score (nSPS) is 17.5. The smallest absolute Gasteiger partial charge is 0.433 e. The minimum atomic E-state index is -4.72. The zero-order valence-electron chi connectivity index (χ0n) is 30.1. The Kier molecular flexibility index (Phi) is 11.4. The van der Waals surface area contributed by atoms with Crippen molar-refractivity contribution in [2.24, 2.45) is 5.41 Å². The largest absolute Gasteiger partial charge is 0.478 e. The molecule has 284 valence electrons. The zero-order chi connectivity index (χ0) is 37.8. The average molecular weight is 741 g/mol. The second kappa shape index (κ2) is 16.0. The molecule has 1 aliphatic carbocycles. The molecule has 2 aliphatic rings. The number of carbonyl (C=O) groups excluding carboxylic acids is 2. The van der Waals surface area contributed by atoms with Crippen molar-refractivity contribution < 1.29 is 41.7 Å². The van der Waals surface area contributed by atoms with Gasteiger partial charge in [-0.15, -0.1) is 0 Å². The number of methoxy groups -OCH3 is 2. The lowest BCUT2D eigenvalue weighted by atomic mass is 9.86. The molecule has 0 aromatic carbocycles. The lowest BCUT2D eigenvalue weighted by Gasteiger charge is -2.34. The van der Waals surface area contributed by atoms with Crippen LogP contribution in [0.15, 0.2) is 36.5 Å². The van der Waals surface area contributed by atoms with E-state index in [-0.39, 0.29) is 59.0 Å². The predicted molar refractivity (Wildman–Crippen MR) is 189 cm³/mol. The van der Waals surface area contributed by atoms with Crippen molar-refractivity contribution in [3.05, 3.63) is 53.5 Å². The lowest BCUT2D eigenvalue weighted by Crippen LogP contribution is -2.49. The van der Waals surface area contributed by atoms with Crippen molar-refractivity contribution in [1.82, 2.24) is 29.8 Å². The third-order valence-corrected chi connectivity index (χ3v) is 9.61. The standard InChI is InChI=1S/C36H43F3N8O6/c1-5-53-29-15-23(14-28(42-29)36(37,38)39)25-16-26(46(2)20-35(21-50-3)10-6-7-11-35)30-31(41-25)44-34(43-30)45-32(48)24-9-8-22(17-40-24)18-47-12-13-52-19-27(47)33(49)51-4/h8-9,14-17,27H,5-7,10-13,18-21H2,1-4H3,(H2,41,43,44,45,48). The average Bonchev–Trinajstić information content (AvgIpc) is 3.77. The topological polar surface area (TPSA) is 157 Å². The number of aromatic amines is 1. The first-order chi connectivity index (χ1) is 25.4. The molecule has 1 atom stereocenters. The van der Waals surface area contributed by atoms with Crippen molar-refractivity contribution in [3.63, 3.8) is 0 Å². The number of anilines is 2. The maximum atomic E-state index is 13.9. The number of amides is 1. The number of fused-ring (bicyclic) bond motifs is 1. The van der Waals surface area contributed by atoms with Gasteiger partial charge in [0.1, 0.15) is 22.9 Å². The number of nitrogens with one attached hydrogen (secondary N) is 2. The van der Waals surface area contributed by atoms with Crippen molar-refractivity contribution in [2.45, 2.75) is 51.4 Å². The number of alkyl halides is 3. The molecule has 0 radical (unpaired) electrons. The van der Waals surface area contributed by atoms with Crippen LogP contribution in [0.2, 0.25) is 0 Å². The highest BCUT2D eigenvalue weighted by Gasteiger charge is 2.37. The molecule has 1 unspecified atom stereocenters. The maximum absolute atomic E-state index is 13.9. The lowest BCUT2D eigenvalue weighted by molar-refractivity contribution is -0.153. The van der Waals surface area contributed by atoms with Gasteiger partial charge in [0.05, 0.1) is 44.9 Å². The summed E-state index contributed by atoms with van der Waals surface area (Å²) in [5, 5.41) is 2.75. The van der Waals surface area contributed by atoms with Gasteiger partial charge in [0.15, 0.2) is 5.65 Å². The molecule has 1 saturated heterocycles. The van der Waals surface area contributed by atoms with Crippen LogP contribution >= 0.6 is 0 Å². The number of aromatic nitrogens is 5. The van der Waals surface area contributed by atoms with Gasteiger partial charge < -0.3 is 28.8 Å². The van der Waals surface area contributed by atoms with Crippen LogP contribution in [0.4, 0.5) is 24.8 Å². The van der Waals surface area contributed by atoms with E-state index < -0.39 is 23.8 Å². The Balaban J connectivity index is 1.30. The van der Waals surface area contributed by atoms with Crippen LogP contribution in [0.1, 0.15) is 54.4 Å². The van der Waals surface area contributed by atoms with Crippen molar-refractivity contribution in [2.75, 3.05) is 71.0 Å². The fraction of sp³-hybridized carbons (Fsp3) is 0.500. The molecule has 6 rings (SSSR count). The van der Waals surface area contributed by atoms with E-state index in [4.69, 9.17) is 18.9 Å². The van der Waals surface area contributed by atoms with Gasteiger partial charge in [-0.2, -0.15) is 18.2 Å². The molecule has 4 aromatic rings. The summed E-state index contributed by atoms with van der Waals surface area (Å²) in [4.78, 5) is 49.9. The van der Waals surface area contributed by atoms with Gasteiger partial charge >= 0.3 is 12.1 Å². The summed E-state index contributed by atoms with van der Waals surface area (Å²) >= 11 is 0. The van der Waals surface area contributed by atoms with E-state index in [0.717, 1.165) is 37.3 Å². The molecule has 5 heterocycles. The highest BCUT2D eigenvalue weighted by atomic mass is 19.4. The van der Waals surface area contributed by atoms with E-state index in [2.05, 4.69) is 30.2 Å². The molecule has 0 spiro atoms. The van der Waals surface area contributed by atoms with Gasteiger partial charge in [-0.25, -0.2) is 9.97 Å². The molecule has 14 nitrogen and oxygen atoms in total. The Hall–Kier alpha value is -4.87. The monoisotopic (exact) mass is 740 g/mol. The number of hydrogen-bond acceptors (Lipinski definition) is 12. The van der Waals surface area contributed by atoms with Crippen molar-refractivity contribution >= 4 is 34.7 Å². The van der Waals surface area contributed by atoms with Gasteiger partial charge in [-0.3, -0.25) is 24.8 Å². The van der Waals surface area contributed by atoms with Crippen LogP contribution in [-0.4, -0.2) is 109 Å². The van der Waals surface area contributed by atoms with Gasteiger partial charge in [0.25, 0.3) is 5.91 Å². The van der Waals surface area contributed by atoms with E-state index in [1.54, 1.807) is 38.4 Å². The van der Waals surface area contributed by atoms with Crippen LogP contribution in [-0.2, 0) is 31.7 Å². The molecule has 0 bridgehead atoms. The quantitative estimate of drug-likeness (QED) is 0.175. The van der Waals surface area contributed by atoms with Crippen LogP contribution in [0.3, 0.4) is 0 Å². The summed E-state index contributed by atoms with van der Waals surface area (Å²) in [6.07, 6.45) is 0.932. The molecule has 1 aliphatic heterocycles. The number of imidazole rings is 1. The summed E-state index contributed by atoms with van der Waals surface area (Å²) in [6.45, 7) is 4.60. The van der Waals surface area contributed by atoms with E-state index >= 15 is 0 Å². The highest BCUT2D eigenvalue weighted by molar-refractivity contribution is 6.03. The van der Waals surface area contributed by atoms with Gasteiger partial charge in [0.2, 0.25) is 11.8 Å². The first kappa shape index (κ1) is 37.9. The first-order valence-electron chi connectivity index (χ1n) is 17.4. The summed E-state index contributed by atoms with van der Waals surface area (Å²) < 4.78 is 63.1. The highest BCUT2D eigenvalue weighted by Crippen LogP contribution is 2.41. The number of H-pyrrole nitrogens is 1. The number of nitrogens with zero attached hydrogens (tertiary/aromatic N) is 6. The third kappa shape index (κ3) is 8.69. The van der Waals surface area contributed by atoms with Gasteiger partial charge in [-0.1, -0.05) is 18.9 Å². The zero-order valence-corrected chi connectivity index (χ0v) is 30.1. The van der Waals surface area contributed by atoms with Gasteiger partial charge in [0, 0.05) is 57.0 Å². The summed E-state index contributed by atoms with van der Waals surface area (Å²) in [5.74, 6) is -1.02. The molecular formula is C36H43F3N8O6. The van der Waals surface area contributed by atoms with E-state index in [1.165, 1.54) is 13.2 Å². The van der Waals surface area contributed by atoms with Crippen LogP contribution < -0.4 is 15.0 Å². The number of esters is 1. The molecule has 17 heteroatoms. The Morgan fingerprint density at radius 2 is 1.92 bits per heavy atom. The molecule has 1 saturated carbocycles. The van der Waals surface area contributed by atoms with Crippen molar-refractivity contribution in [1.29, 1.82) is 0 Å². The van der Waals surface area contributed by atoms with Crippen molar-refractivity contribution in [3.8, 4) is 17.1 Å². The number of ether oxygens (including phenoxy) is 4. The Bertz CT molecular complexity index is 1920. The number of hydrogen-bond donors (Lipinski definition) is 2. The second-order valence-corrected chi connectivity index (χ2v) is 13.4. The predicted octanol–water partition coefficient (Wildman–Crippen LogP) is 5.10. The van der Waals surface area contributed by atoms with E-state index in [1.807, 2.05) is 16.8 Å². The van der Waals surface area contributed by atoms with E-state index in [0.29, 0.717) is 44.1 Å². The number of rotatable bonds is 13. The summed E-state index contributed by atoms with van der Waals surface area (Å²) in [5.41, 5.74) is 1.35. The number of pyridine rings is 3. The molecule has 4 aromatic heterocycles. The minimum absolute atomic E-state index is 0.0811. The summed E-state index contributed by atoms with van der Waals surface area (Å²) in [7, 11) is 4.92. The fourth-order valence-electron chi connectivity index (χ4n) is 7.11. The molecule has 2 fully saturated rings. The number of halogens is 3. The number of carbonyl (C=O) groups is 2. The number of morpholine rings is 1. The summed E-state index contributed by atoms with van der Waals surface area (Å²) in [6, 6.07) is 6.84. The van der Waals surface area contributed by atoms with Gasteiger partial charge in [-0.05, 0) is 43.5 Å². The fourth-order valence-corrected chi connectivity index (χ4v) is 7.11. The molecule has 1 amide bonds. The SMILES string of the molecule is CCOc1cc(-c2cc(N(C)CC3(COC)CCCC3)c3[nH]c(NC(=O)c4ccc(CN5CCOCC5C(=O)OC)cn4)nc3n2)cc(C(F)(F)F)n1. The van der Waals surface area contributed by atoms with E-state index in [9.17, 15) is 22.8 Å². The molecular weight excluding hydrogens is 697 g/mol. The second-order valence-electron chi connectivity index (χ2n) is 13.4. The third-order valence-electron chi connectivity index (χ3n) is 9.61. The first-order valence-corrected chi connectivity index (χ1v) is 17.4. The van der Waals surface area contributed by atoms with Crippen LogP contribution in [0.25, 0.3) is 22.4 Å². The minimum Gasteiger partial charge on any atom is -0.478 e. The Morgan fingerprint density at radius 3 is 2.60 bits per heavy atom. The molecule has 2 N–H and O–H groups in total. The maximum Gasteiger partial charge on any atom is 0.433 e. The Morgan fingerprint density at radius 1 is 1.13 bits per heavy atom. The van der Waals surface area contributed by atoms with Crippen LogP contribution in [0, 0.1) is 5.41 Å². The Labute approximate surface area is 304 Å².